The monoisotopic (exact) mass is 494 g/mol. The van der Waals surface area contributed by atoms with Crippen LogP contribution in [-0.2, 0) is 24.6 Å². The minimum atomic E-state index is -4.63. The molecule has 0 saturated heterocycles. The average Bonchev–Trinajstić information content (AvgIpc) is 3.29. The largest absolute Gasteiger partial charge is 0.417 e. The molecule has 0 bridgehead atoms. The van der Waals surface area contributed by atoms with Gasteiger partial charge < -0.3 is 15.2 Å². The van der Waals surface area contributed by atoms with Crippen LogP contribution in [0.4, 0.5) is 18.9 Å². The quantitative estimate of drug-likeness (QED) is 0.412. The van der Waals surface area contributed by atoms with Gasteiger partial charge in [-0.1, -0.05) is 30.3 Å². The van der Waals surface area contributed by atoms with E-state index >= 15 is 0 Å². The van der Waals surface area contributed by atoms with Crippen LogP contribution in [0.3, 0.4) is 0 Å². The Labute approximate surface area is 204 Å². The lowest BCUT2D eigenvalue weighted by molar-refractivity contribution is -0.137. The number of nitrogens with one attached hydrogen (secondary N) is 2. The van der Waals surface area contributed by atoms with Crippen LogP contribution < -0.4 is 10.6 Å². The third kappa shape index (κ3) is 5.57. The third-order valence-electron chi connectivity index (χ3n) is 5.20. The second kappa shape index (κ2) is 9.98. The van der Waals surface area contributed by atoms with Crippen LogP contribution in [0.5, 0.6) is 0 Å². The number of alkyl halides is 3. The Morgan fingerprint density at radius 3 is 2.44 bits per heavy atom. The topological polar surface area (TPSA) is 102 Å². The molecule has 4 rings (SSSR count). The number of imidazole rings is 1. The van der Waals surface area contributed by atoms with E-state index in [1.165, 1.54) is 30.2 Å². The molecule has 184 valence electrons. The third-order valence-corrected chi connectivity index (χ3v) is 5.20. The molecule has 0 spiro atoms. The van der Waals surface area contributed by atoms with Crippen molar-refractivity contribution >= 4 is 17.5 Å². The predicted octanol–water partition coefficient (Wildman–Crippen LogP) is 4.45. The molecule has 0 unspecified atom stereocenters. The SMILES string of the molecule is CC(=O)NCc1ncc(NC(=O)c2ccc(C(F)(F)F)c(-c3cn(C)cn3)c2)c(-c2ccccc2)n1. The van der Waals surface area contributed by atoms with Crippen LogP contribution in [0.15, 0.2) is 67.3 Å². The maximum Gasteiger partial charge on any atom is 0.417 e. The first-order valence-electron chi connectivity index (χ1n) is 10.8. The summed E-state index contributed by atoms with van der Waals surface area (Å²) in [6.45, 7) is 1.46. The lowest BCUT2D eigenvalue weighted by Gasteiger charge is -2.15. The van der Waals surface area contributed by atoms with Crippen molar-refractivity contribution in [3.8, 4) is 22.5 Å². The number of anilines is 1. The minimum absolute atomic E-state index is 0.00462. The number of nitrogens with zero attached hydrogens (tertiary/aromatic N) is 4. The van der Waals surface area contributed by atoms with E-state index in [-0.39, 0.29) is 35.0 Å². The summed E-state index contributed by atoms with van der Waals surface area (Å²) in [5.74, 6) is -0.562. The van der Waals surface area contributed by atoms with Crippen molar-refractivity contribution in [2.75, 3.05) is 5.32 Å². The fourth-order valence-corrected chi connectivity index (χ4v) is 3.51. The molecule has 0 aliphatic carbocycles. The van der Waals surface area contributed by atoms with E-state index in [0.29, 0.717) is 17.1 Å². The van der Waals surface area contributed by atoms with Crippen molar-refractivity contribution in [3.05, 3.63) is 84.2 Å². The highest BCUT2D eigenvalue weighted by atomic mass is 19.4. The summed E-state index contributed by atoms with van der Waals surface area (Å²) in [4.78, 5) is 37.1. The minimum Gasteiger partial charge on any atom is -0.349 e. The van der Waals surface area contributed by atoms with Gasteiger partial charge in [0, 0.05) is 36.9 Å². The van der Waals surface area contributed by atoms with Crippen molar-refractivity contribution in [1.82, 2.24) is 24.8 Å². The van der Waals surface area contributed by atoms with Gasteiger partial charge in [0.2, 0.25) is 5.91 Å². The van der Waals surface area contributed by atoms with Gasteiger partial charge in [0.25, 0.3) is 5.91 Å². The number of aryl methyl sites for hydroxylation is 1. The van der Waals surface area contributed by atoms with Crippen molar-refractivity contribution < 1.29 is 22.8 Å². The highest BCUT2D eigenvalue weighted by Crippen LogP contribution is 2.37. The van der Waals surface area contributed by atoms with Gasteiger partial charge in [-0.15, -0.1) is 0 Å². The maximum absolute atomic E-state index is 13.6. The van der Waals surface area contributed by atoms with Crippen molar-refractivity contribution in [2.24, 2.45) is 7.05 Å². The number of carbonyl (C=O) groups excluding carboxylic acids is 2. The summed E-state index contributed by atoms with van der Waals surface area (Å²) in [6.07, 6.45) is -0.399. The normalized spacial score (nSPS) is 11.2. The molecule has 11 heteroatoms. The molecule has 0 aliphatic rings. The number of aromatic nitrogens is 4. The Balaban J connectivity index is 1.70. The van der Waals surface area contributed by atoms with Gasteiger partial charge in [0.15, 0.2) is 0 Å². The Kier molecular flexibility index (Phi) is 6.82. The van der Waals surface area contributed by atoms with Gasteiger partial charge in [-0.25, -0.2) is 15.0 Å². The average molecular weight is 494 g/mol. The molecule has 0 fully saturated rings. The molecule has 2 amide bonds. The number of halogens is 3. The molecule has 2 N–H and O–H groups in total. The lowest BCUT2D eigenvalue weighted by Crippen LogP contribution is -2.21. The summed E-state index contributed by atoms with van der Waals surface area (Å²) < 4.78 is 42.4. The number of hydrogen-bond acceptors (Lipinski definition) is 5. The standard InChI is InChI=1S/C25H21F3N6O2/c1-15(35)29-12-22-30-11-20(23(33-22)16-6-4-3-5-7-16)32-24(36)17-8-9-19(25(26,27)28)18(10-17)21-13-34(2)14-31-21/h3-11,13-14H,12H2,1-2H3,(H,29,35)(H,32,36). The summed E-state index contributed by atoms with van der Waals surface area (Å²) in [5.41, 5.74) is 0.337. The van der Waals surface area contributed by atoms with Crippen molar-refractivity contribution in [3.63, 3.8) is 0 Å². The van der Waals surface area contributed by atoms with E-state index in [0.717, 1.165) is 18.2 Å². The van der Waals surface area contributed by atoms with Crippen LogP contribution in [0.2, 0.25) is 0 Å². The molecular weight excluding hydrogens is 473 g/mol. The van der Waals surface area contributed by atoms with E-state index in [4.69, 9.17) is 0 Å². The Hall–Kier alpha value is -4.54. The van der Waals surface area contributed by atoms with E-state index < -0.39 is 17.6 Å². The molecule has 8 nitrogen and oxygen atoms in total. The highest BCUT2D eigenvalue weighted by molar-refractivity contribution is 6.06. The molecule has 0 aliphatic heterocycles. The second-order valence-corrected chi connectivity index (χ2v) is 7.96. The van der Waals surface area contributed by atoms with Gasteiger partial charge in [-0.2, -0.15) is 13.2 Å². The van der Waals surface area contributed by atoms with Crippen LogP contribution in [0.25, 0.3) is 22.5 Å². The smallest absolute Gasteiger partial charge is 0.349 e. The first-order chi connectivity index (χ1) is 17.1. The van der Waals surface area contributed by atoms with Crippen LogP contribution in [-0.4, -0.2) is 31.3 Å². The Morgan fingerprint density at radius 2 is 1.81 bits per heavy atom. The second-order valence-electron chi connectivity index (χ2n) is 7.96. The molecule has 4 aromatic rings. The Bertz CT molecular complexity index is 1420. The highest BCUT2D eigenvalue weighted by Gasteiger charge is 2.34. The lowest BCUT2D eigenvalue weighted by atomic mass is 10.0. The van der Waals surface area contributed by atoms with Gasteiger partial charge in [0.1, 0.15) is 5.82 Å². The van der Waals surface area contributed by atoms with Crippen LogP contribution >= 0.6 is 0 Å². The zero-order valence-corrected chi connectivity index (χ0v) is 19.3. The zero-order chi connectivity index (χ0) is 25.9. The first kappa shape index (κ1) is 24.6. The molecule has 2 aromatic carbocycles. The van der Waals surface area contributed by atoms with Gasteiger partial charge >= 0.3 is 6.18 Å². The van der Waals surface area contributed by atoms with Crippen LogP contribution in [0.1, 0.15) is 28.7 Å². The Morgan fingerprint density at radius 1 is 1.06 bits per heavy atom. The van der Waals surface area contributed by atoms with E-state index in [2.05, 4.69) is 25.6 Å². The van der Waals surface area contributed by atoms with E-state index in [1.54, 1.807) is 31.3 Å². The molecule has 0 atom stereocenters. The summed E-state index contributed by atoms with van der Waals surface area (Å²) in [7, 11) is 1.64. The summed E-state index contributed by atoms with van der Waals surface area (Å²) in [5, 5.41) is 5.32. The molecule has 0 radical (unpaired) electrons. The number of hydrogen-bond donors (Lipinski definition) is 2. The molecule has 2 aromatic heterocycles. The molecule has 2 heterocycles. The van der Waals surface area contributed by atoms with Gasteiger partial charge in [-0.3, -0.25) is 9.59 Å². The van der Waals surface area contributed by atoms with Crippen LogP contribution in [0, 0.1) is 0 Å². The van der Waals surface area contributed by atoms with Gasteiger partial charge in [-0.05, 0) is 18.2 Å². The summed E-state index contributed by atoms with van der Waals surface area (Å²) >= 11 is 0. The first-order valence-corrected chi connectivity index (χ1v) is 10.8. The van der Waals surface area contributed by atoms with Gasteiger partial charge in [0.05, 0.1) is 41.7 Å². The van der Waals surface area contributed by atoms with E-state index in [1.807, 2.05) is 6.07 Å². The fourth-order valence-electron chi connectivity index (χ4n) is 3.51. The number of benzene rings is 2. The predicted molar refractivity (Wildman–Crippen MR) is 127 cm³/mol. The van der Waals surface area contributed by atoms with E-state index in [9.17, 15) is 22.8 Å². The number of rotatable bonds is 6. The molecular formula is C25H21F3N6O2. The zero-order valence-electron chi connectivity index (χ0n) is 19.3. The fraction of sp³-hybridized carbons (Fsp3) is 0.160. The number of carbonyl (C=O) groups is 2. The number of amides is 2. The molecule has 0 saturated carbocycles. The molecule has 36 heavy (non-hydrogen) atoms. The van der Waals surface area contributed by atoms with Crippen molar-refractivity contribution in [2.45, 2.75) is 19.6 Å². The summed E-state index contributed by atoms with van der Waals surface area (Å²) in [6, 6.07) is 12.1. The van der Waals surface area contributed by atoms with Crippen molar-refractivity contribution in [1.29, 1.82) is 0 Å². The maximum atomic E-state index is 13.6.